The maximum absolute atomic E-state index is 13.2. The van der Waals surface area contributed by atoms with E-state index >= 15 is 0 Å². The van der Waals surface area contributed by atoms with Gasteiger partial charge in [0.15, 0.2) is 0 Å². The normalized spacial score (nSPS) is 26.1. The van der Waals surface area contributed by atoms with E-state index in [-0.39, 0.29) is 17.9 Å². The Morgan fingerprint density at radius 2 is 1.68 bits per heavy atom. The summed E-state index contributed by atoms with van der Waals surface area (Å²) in [5.74, 6) is 0.126. The highest BCUT2D eigenvalue weighted by Gasteiger charge is 2.54. The average Bonchev–Trinajstić information content (AvgIpc) is 3.47. The second-order valence-electron chi connectivity index (χ2n) is 9.51. The van der Waals surface area contributed by atoms with Gasteiger partial charge in [0.25, 0.3) is 5.91 Å². The molecule has 3 saturated heterocycles. The van der Waals surface area contributed by atoms with Gasteiger partial charge in [0.05, 0.1) is 6.54 Å². The largest absolute Gasteiger partial charge is 0.325 e. The summed E-state index contributed by atoms with van der Waals surface area (Å²) in [6, 6.07) is 4.31. The zero-order valence-electron chi connectivity index (χ0n) is 19.0. The fourth-order valence-corrected chi connectivity index (χ4v) is 6.52. The van der Waals surface area contributed by atoms with Crippen LogP contribution in [-0.2, 0) is 17.9 Å². The molecule has 1 aromatic rings. The Balaban J connectivity index is 1.33. The number of amides is 3. The van der Waals surface area contributed by atoms with Crippen molar-refractivity contribution in [2.75, 3.05) is 32.7 Å². The van der Waals surface area contributed by atoms with Gasteiger partial charge in [-0.1, -0.05) is 19.1 Å². The van der Waals surface area contributed by atoms with Crippen LogP contribution in [0.5, 0.6) is 0 Å². The van der Waals surface area contributed by atoms with Gasteiger partial charge in [-0.3, -0.25) is 19.5 Å². The van der Waals surface area contributed by atoms with Gasteiger partial charge >= 0.3 is 6.03 Å². The summed E-state index contributed by atoms with van der Waals surface area (Å²) in [5.41, 5.74) is 0.0787. The second kappa shape index (κ2) is 9.43. The van der Waals surface area contributed by atoms with Crippen molar-refractivity contribution in [3.05, 3.63) is 34.0 Å². The molecule has 170 valence electrons. The van der Waals surface area contributed by atoms with Gasteiger partial charge in [0.2, 0.25) is 0 Å². The lowest BCUT2D eigenvalue weighted by molar-refractivity contribution is -0.134. The average molecular weight is 445 g/mol. The van der Waals surface area contributed by atoms with Crippen molar-refractivity contribution >= 4 is 23.3 Å². The number of thiophene rings is 1. The molecule has 31 heavy (non-hydrogen) atoms. The summed E-state index contributed by atoms with van der Waals surface area (Å²) in [6.45, 7) is 14.5. The maximum Gasteiger partial charge on any atom is 0.325 e. The van der Waals surface area contributed by atoms with Gasteiger partial charge in [-0.25, -0.2) is 4.79 Å². The van der Waals surface area contributed by atoms with Crippen molar-refractivity contribution < 1.29 is 9.59 Å². The van der Waals surface area contributed by atoms with Crippen LogP contribution in [0.2, 0.25) is 0 Å². The molecule has 7 heteroatoms. The van der Waals surface area contributed by atoms with Crippen molar-refractivity contribution in [1.82, 2.24) is 20.0 Å². The smallest absolute Gasteiger partial charge is 0.323 e. The summed E-state index contributed by atoms with van der Waals surface area (Å²) in [4.78, 5) is 35.0. The fraction of sp³-hybridized carbons (Fsp3) is 0.667. The van der Waals surface area contributed by atoms with Crippen LogP contribution >= 0.6 is 11.3 Å². The number of piperidine rings is 1. The topological polar surface area (TPSA) is 55.9 Å². The first kappa shape index (κ1) is 22.5. The van der Waals surface area contributed by atoms with Crippen LogP contribution in [0.25, 0.3) is 0 Å². The molecular weight excluding hydrogens is 408 g/mol. The Labute approximate surface area is 190 Å². The molecule has 0 aliphatic carbocycles. The summed E-state index contributed by atoms with van der Waals surface area (Å²) in [7, 11) is 0. The lowest BCUT2D eigenvalue weighted by atomic mass is 9.75. The Kier molecular flexibility index (Phi) is 6.84. The number of rotatable bonds is 8. The number of carbonyl (C=O) groups is 2. The second-order valence-corrected chi connectivity index (χ2v) is 10.8. The molecule has 1 aromatic heterocycles. The molecule has 0 bridgehead atoms. The molecule has 3 fully saturated rings. The summed E-state index contributed by atoms with van der Waals surface area (Å²) in [5, 5.41) is 3.07. The van der Waals surface area contributed by atoms with E-state index in [4.69, 9.17) is 0 Å². The van der Waals surface area contributed by atoms with E-state index in [1.807, 2.05) is 25.2 Å². The van der Waals surface area contributed by atoms with Crippen molar-refractivity contribution in [3.63, 3.8) is 0 Å². The van der Waals surface area contributed by atoms with E-state index in [0.29, 0.717) is 13.0 Å². The third kappa shape index (κ3) is 4.73. The van der Waals surface area contributed by atoms with Crippen LogP contribution in [0.4, 0.5) is 4.79 Å². The van der Waals surface area contributed by atoms with Crippen LogP contribution < -0.4 is 5.32 Å². The molecule has 3 aliphatic rings. The predicted octanol–water partition coefficient (Wildman–Crippen LogP) is 3.83. The molecule has 0 aromatic carbocycles. The van der Waals surface area contributed by atoms with Crippen molar-refractivity contribution in [2.24, 2.45) is 5.92 Å². The number of nitrogens with zero attached hydrogens (tertiary/aromatic N) is 3. The Morgan fingerprint density at radius 3 is 2.23 bits per heavy atom. The zero-order valence-corrected chi connectivity index (χ0v) is 19.8. The molecular formula is C24H36N4O2S. The van der Waals surface area contributed by atoms with E-state index in [1.165, 1.54) is 40.6 Å². The third-order valence-electron chi connectivity index (χ3n) is 7.15. The first-order valence-electron chi connectivity index (χ1n) is 11.7. The van der Waals surface area contributed by atoms with E-state index in [9.17, 15) is 9.59 Å². The highest BCUT2D eigenvalue weighted by molar-refractivity contribution is 7.11. The molecule has 0 radical (unpaired) electrons. The molecule has 4 rings (SSSR count). The lowest BCUT2D eigenvalue weighted by Crippen LogP contribution is -2.55. The highest BCUT2D eigenvalue weighted by atomic mass is 32.1. The fourth-order valence-electron chi connectivity index (χ4n) is 5.42. The molecule has 3 amide bonds. The van der Waals surface area contributed by atoms with Crippen molar-refractivity contribution in [2.45, 2.75) is 64.6 Å². The van der Waals surface area contributed by atoms with E-state index in [2.05, 4.69) is 33.8 Å². The van der Waals surface area contributed by atoms with E-state index < -0.39 is 5.54 Å². The van der Waals surface area contributed by atoms with E-state index in [1.54, 1.807) is 0 Å². The summed E-state index contributed by atoms with van der Waals surface area (Å²) >= 11 is 1.94. The van der Waals surface area contributed by atoms with Gasteiger partial charge in [-0.2, -0.15) is 0 Å². The van der Waals surface area contributed by atoms with Gasteiger partial charge in [0, 0.05) is 22.8 Å². The molecule has 1 unspecified atom stereocenters. The van der Waals surface area contributed by atoms with Crippen LogP contribution in [0.1, 0.15) is 55.7 Å². The van der Waals surface area contributed by atoms with E-state index in [0.717, 1.165) is 44.6 Å². The predicted molar refractivity (Wildman–Crippen MR) is 125 cm³/mol. The number of likely N-dealkylation sites (tertiary alicyclic amines) is 2. The Bertz CT molecular complexity index is 823. The Morgan fingerprint density at radius 1 is 1.10 bits per heavy atom. The number of urea groups is 1. The number of nitrogens with one attached hydrogen (secondary N) is 1. The maximum atomic E-state index is 13.2. The number of hydrogen-bond acceptors (Lipinski definition) is 5. The van der Waals surface area contributed by atoms with Gasteiger partial charge in [0.1, 0.15) is 5.54 Å². The van der Waals surface area contributed by atoms with Gasteiger partial charge in [-0.15, -0.1) is 11.3 Å². The number of carbonyl (C=O) groups excluding carboxylic acids is 2. The van der Waals surface area contributed by atoms with Crippen molar-refractivity contribution in [3.8, 4) is 0 Å². The standard InChI is InChI=1S/C24H36N4O2S/c1-4-24(22(29)28(15-18(2)3)23(30)25-24)19-9-13-27(14-10-19)17-21-8-7-20(31-21)16-26-11-5-6-12-26/h7-8,19H,2,4-6,9-17H2,1,3H3,(H,25,30). The molecule has 6 nitrogen and oxygen atoms in total. The minimum absolute atomic E-state index is 0.0636. The number of hydrogen-bond donors (Lipinski definition) is 1. The number of imide groups is 1. The zero-order chi connectivity index (χ0) is 22.0. The first-order chi connectivity index (χ1) is 14.9. The molecule has 0 spiro atoms. The molecule has 3 aliphatic heterocycles. The molecule has 1 atom stereocenters. The van der Waals surface area contributed by atoms with Crippen molar-refractivity contribution in [1.29, 1.82) is 0 Å². The molecule has 1 N–H and O–H groups in total. The third-order valence-corrected chi connectivity index (χ3v) is 8.20. The minimum atomic E-state index is -0.746. The van der Waals surface area contributed by atoms with Gasteiger partial charge in [-0.05, 0) is 83.3 Å². The van der Waals surface area contributed by atoms with Gasteiger partial charge < -0.3 is 5.32 Å². The summed E-state index contributed by atoms with van der Waals surface area (Å²) < 4.78 is 0. The molecule has 4 heterocycles. The van der Waals surface area contributed by atoms with Crippen LogP contribution in [0.3, 0.4) is 0 Å². The van der Waals surface area contributed by atoms with Crippen LogP contribution in [-0.4, -0.2) is 64.9 Å². The molecule has 0 saturated carbocycles. The Hall–Kier alpha value is -1.70. The SMILES string of the molecule is C=C(C)CN1C(=O)NC(CC)(C2CCN(Cc3ccc(CN4CCCC4)s3)CC2)C1=O. The van der Waals surface area contributed by atoms with Crippen LogP contribution in [0.15, 0.2) is 24.3 Å². The highest BCUT2D eigenvalue weighted by Crippen LogP contribution is 2.37. The lowest BCUT2D eigenvalue weighted by Gasteiger charge is -2.40. The minimum Gasteiger partial charge on any atom is -0.323 e. The summed E-state index contributed by atoms with van der Waals surface area (Å²) in [6.07, 6.45) is 5.18. The monoisotopic (exact) mass is 444 g/mol. The quantitative estimate of drug-likeness (QED) is 0.489. The first-order valence-corrected chi connectivity index (χ1v) is 12.5. The van der Waals surface area contributed by atoms with Crippen LogP contribution in [0, 0.1) is 5.92 Å².